The van der Waals surface area contributed by atoms with E-state index in [0.29, 0.717) is 6.10 Å². The van der Waals surface area contributed by atoms with Crippen LogP contribution in [0.5, 0.6) is 0 Å². The molecule has 0 spiro atoms. The lowest BCUT2D eigenvalue weighted by Crippen LogP contribution is -2.42. The van der Waals surface area contributed by atoms with Crippen molar-refractivity contribution < 1.29 is 4.74 Å². The minimum absolute atomic E-state index is 0.334. The van der Waals surface area contributed by atoms with Crippen LogP contribution >= 0.6 is 23.6 Å². The number of aromatic nitrogens is 2. The number of nitrogens with zero attached hydrogens (tertiary/aromatic N) is 2. The van der Waals surface area contributed by atoms with Gasteiger partial charge in [0.2, 0.25) is 5.13 Å². The Morgan fingerprint density at radius 2 is 2.64 bits per heavy atom. The molecular weight excluding hydrogens is 218 g/mol. The highest BCUT2D eigenvalue weighted by Gasteiger charge is 2.20. The molecule has 14 heavy (non-hydrogen) atoms. The molecule has 4 nitrogen and oxygen atoms in total. The summed E-state index contributed by atoms with van der Waals surface area (Å²) in [6.07, 6.45) is 1.38. The van der Waals surface area contributed by atoms with E-state index in [2.05, 4.69) is 22.0 Å². The Kier molecular flexibility index (Phi) is 3.15. The summed E-state index contributed by atoms with van der Waals surface area (Å²) in [6, 6.07) is 0. The maximum absolute atomic E-state index is 5.58. The van der Waals surface area contributed by atoms with Gasteiger partial charge in [-0.1, -0.05) is 18.3 Å². The summed E-state index contributed by atoms with van der Waals surface area (Å²) < 4.78 is 6.32. The van der Waals surface area contributed by atoms with E-state index >= 15 is 0 Å². The van der Waals surface area contributed by atoms with Crippen molar-refractivity contribution in [2.75, 3.05) is 24.6 Å². The molecule has 1 aromatic heterocycles. The van der Waals surface area contributed by atoms with Gasteiger partial charge in [-0.25, -0.2) is 0 Å². The summed E-state index contributed by atoms with van der Waals surface area (Å²) in [4.78, 5) is 2.23. The summed E-state index contributed by atoms with van der Waals surface area (Å²) in [5.41, 5.74) is 0. The lowest BCUT2D eigenvalue weighted by atomic mass is 10.2. The monoisotopic (exact) mass is 231 g/mol. The summed E-state index contributed by atoms with van der Waals surface area (Å²) in [5, 5.41) is 7.95. The fourth-order valence-corrected chi connectivity index (χ4v) is 2.41. The first kappa shape index (κ1) is 10.1. The zero-order valence-electron chi connectivity index (χ0n) is 8.02. The molecule has 0 radical (unpaired) electrons. The second kappa shape index (κ2) is 4.37. The Morgan fingerprint density at radius 1 is 1.79 bits per heavy atom. The molecule has 1 aromatic rings. The normalized spacial score (nSPS) is 22.6. The number of morpholine rings is 1. The van der Waals surface area contributed by atoms with Crippen LogP contribution in [0.2, 0.25) is 0 Å². The molecule has 1 aliphatic heterocycles. The Morgan fingerprint density at radius 3 is 3.29 bits per heavy atom. The number of H-pyrrole nitrogens is 1. The topological polar surface area (TPSA) is 41.2 Å². The summed E-state index contributed by atoms with van der Waals surface area (Å²) >= 11 is 6.53. The van der Waals surface area contributed by atoms with Crippen LogP contribution in [0, 0.1) is 3.95 Å². The Bertz CT molecular complexity index is 348. The van der Waals surface area contributed by atoms with Gasteiger partial charge in [-0.2, -0.15) is 0 Å². The molecule has 1 saturated heterocycles. The molecule has 1 aliphatic rings. The van der Waals surface area contributed by atoms with E-state index in [9.17, 15) is 0 Å². The summed E-state index contributed by atoms with van der Waals surface area (Å²) in [7, 11) is 0. The van der Waals surface area contributed by atoms with E-state index in [1.54, 1.807) is 0 Å². The molecule has 2 rings (SSSR count). The third kappa shape index (κ3) is 2.13. The molecule has 0 amide bonds. The predicted molar refractivity (Wildman–Crippen MR) is 59.5 cm³/mol. The summed E-state index contributed by atoms with van der Waals surface area (Å²) in [5.74, 6) is 0. The molecule has 1 unspecified atom stereocenters. The second-order valence-corrected chi connectivity index (χ2v) is 4.89. The molecule has 0 aliphatic carbocycles. The van der Waals surface area contributed by atoms with Gasteiger partial charge in [0.1, 0.15) is 0 Å². The van der Waals surface area contributed by atoms with Crippen LogP contribution in [0.3, 0.4) is 0 Å². The highest BCUT2D eigenvalue weighted by molar-refractivity contribution is 7.73. The maximum atomic E-state index is 5.58. The highest BCUT2D eigenvalue weighted by Crippen LogP contribution is 2.20. The van der Waals surface area contributed by atoms with Gasteiger partial charge in [0, 0.05) is 13.1 Å². The Balaban J connectivity index is 2.07. The maximum Gasteiger partial charge on any atom is 0.207 e. The quantitative estimate of drug-likeness (QED) is 0.788. The molecule has 0 saturated carbocycles. The van der Waals surface area contributed by atoms with Gasteiger partial charge in [0.15, 0.2) is 3.95 Å². The van der Waals surface area contributed by atoms with Crippen molar-refractivity contribution in [1.82, 2.24) is 10.2 Å². The largest absolute Gasteiger partial charge is 0.375 e. The van der Waals surface area contributed by atoms with Crippen LogP contribution < -0.4 is 4.90 Å². The average Bonchev–Trinajstić information content (AvgIpc) is 2.65. The van der Waals surface area contributed by atoms with Crippen LogP contribution in [0.1, 0.15) is 13.3 Å². The molecule has 78 valence electrons. The molecular formula is C8H13N3OS2. The Labute approximate surface area is 91.9 Å². The Hall–Kier alpha value is -0.460. The fourth-order valence-electron chi connectivity index (χ4n) is 1.50. The van der Waals surface area contributed by atoms with E-state index in [1.807, 2.05) is 0 Å². The number of ether oxygens (including phenoxy) is 1. The third-order valence-electron chi connectivity index (χ3n) is 2.29. The van der Waals surface area contributed by atoms with Crippen LogP contribution in [0.15, 0.2) is 0 Å². The molecule has 6 heteroatoms. The number of nitrogens with one attached hydrogen (secondary N) is 1. The van der Waals surface area contributed by atoms with Crippen LogP contribution in [-0.4, -0.2) is 36.0 Å². The van der Waals surface area contributed by atoms with Crippen molar-refractivity contribution in [3.8, 4) is 0 Å². The van der Waals surface area contributed by atoms with E-state index in [-0.39, 0.29) is 0 Å². The first-order valence-electron chi connectivity index (χ1n) is 4.71. The number of rotatable bonds is 2. The van der Waals surface area contributed by atoms with Gasteiger partial charge in [0.25, 0.3) is 0 Å². The lowest BCUT2D eigenvalue weighted by molar-refractivity contribution is 0.0384. The molecule has 1 N–H and O–H groups in total. The fraction of sp³-hybridized carbons (Fsp3) is 0.750. The lowest BCUT2D eigenvalue weighted by Gasteiger charge is -2.31. The molecule has 0 aromatic carbocycles. The van der Waals surface area contributed by atoms with E-state index in [1.165, 1.54) is 11.3 Å². The van der Waals surface area contributed by atoms with E-state index < -0.39 is 0 Å². The van der Waals surface area contributed by atoms with Crippen molar-refractivity contribution in [2.24, 2.45) is 0 Å². The summed E-state index contributed by atoms with van der Waals surface area (Å²) in [6.45, 7) is 4.75. The predicted octanol–water partition coefficient (Wildman–Crippen LogP) is 1.82. The number of aromatic amines is 1. The number of hydrogen-bond acceptors (Lipinski definition) is 5. The number of anilines is 1. The second-order valence-electron chi connectivity index (χ2n) is 3.24. The highest BCUT2D eigenvalue weighted by atomic mass is 32.1. The van der Waals surface area contributed by atoms with Gasteiger partial charge in [-0.05, 0) is 18.6 Å². The van der Waals surface area contributed by atoms with Crippen LogP contribution in [-0.2, 0) is 4.74 Å². The zero-order chi connectivity index (χ0) is 9.97. The standard InChI is InChI=1S/C8H13N3OS2/c1-2-6-5-11(3-4-12-6)7-9-10-8(13)14-7/h6H,2-5H2,1H3,(H,10,13). The van der Waals surface area contributed by atoms with Gasteiger partial charge < -0.3 is 9.64 Å². The third-order valence-corrected chi connectivity index (χ3v) is 3.44. The van der Waals surface area contributed by atoms with Crippen LogP contribution in [0.25, 0.3) is 0 Å². The van der Waals surface area contributed by atoms with Crippen molar-refractivity contribution >= 4 is 28.7 Å². The van der Waals surface area contributed by atoms with E-state index in [0.717, 1.165) is 35.2 Å². The first-order chi connectivity index (χ1) is 6.79. The van der Waals surface area contributed by atoms with Gasteiger partial charge in [0.05, 0.1) is 12.7 Å². The molecule has 2 heterocycles. The van der Waals surface area contributed by atoms with Gasteiger partial charge in [-0.15, -0.1) is 5.10 Å². The first-order valence-corrected chi connectivity index (χ1v) is 5.94. The van der Waals surface area contributed by atoms with Crippen molar-refractivity contribution in [3.63, 3.8) is 0 Å². The van der Waals surface area contributed by atoms with E-state index in [4.69, 9.17) is 17.0 Å². The van der Waals surface area contributed by atoms with Crippen molar-refractivity contribution in [3.05, 3.63) is 3.95 Å². The SMILES string of the molecule is CCC1CN(c2n[nH]c(=S)s2)CCO1. The minimum atomic E-state index is 0.334. The molecule has 1 fully saturated rings. The van der Waals surface area contributed by atoms with Crippen molar-refractivity contribution in [2.45, 2.75) is 19.4 Å². The van der Waals surface area contributed by atoms with Gasteiger partial charge >= 0.3 is 0 Å². The average molecular weight is 231 g/mol. The minimum Gasteiger partial charge on any atom is -0.375 e. The van der Waals surface area contributed by atoms with Crippen molar-refractivity contribution in [1.29, 1.82) is 0 Å². The molecule has 0 bridgehead atoms. The molecule has 1 atom stereocenters. The van der Waals surface area contributed by atoms with Gasteiger partial charge in [-0.3, -0.25) is 5.10 Å². The number of hydrogen-bond donors (Lipinski definition) is 1. The van der Waals surface area contributed by atoms with Crippen LogP contribution in [0.4, 0.5) is 5.13 Å². The zero-order valence-corrected chi connectivity index (χ0v) is 9.66. The smallest absolute Gasteiger partial charge is 0.207 e.